The van der Waals surface area contributed by atoms with Crippen LogP contribution >= 0.6 is 22.7 Å². The van der Waals surface area contributed by atoms with E-state index >= 15 is 0 Å². The van der Waals surface area contributed by atoms with Gasteiger partial charge in [-0.2, -0.15) is 0 Å². The Morgan fingerprint density at radius 1 is 1.04 bits per heavy atom. The van der Waals surface area contributed by atoms with Crippen LogP contribution in [0.3, 0.4) is 0 Å². The Bertz CT molecular complexity index is 791. The Morgan fingerprint density at radius 2 is 1.82 bits per heavy atom. The number of carbonyl (C=O) groups is 2. The maximum atomic E-state index is 12.5. The van der Waals surface area contributed by atoms with Gasteiger partial charge in [-0.3, -0.25) is 9.59 Å². The summed E-state index contributed by atoms with van der Waals surface area (Å²) < 4.78 is 0. The van der Waals surface area contributed by atoms with Crippen molar-refractivity contribution in [3.63, 3.8) is 0 Å². The SMILES string of the molecule is O=C(CCC(=O)N1CCN(c2nnc(C3CCCCC3)s2)CC1)c1cccs1. The first-order chi connectivity index (χ1) is 13.7. The fourth-order valence-corrected chi connectivity index (χ4v) is 5.71. The average Bonchev–Trinajstić information content (AvgIpc) is 3.45. The lowest BCUT2D eigenvalue weighted by molar-refractivity contribution is -0.131. The van der Waals surface area contributed by atoms with Crippen molar-refractivity contribution in [3.8, 4) is 0 Å². The lowest BCUT2D eigenvalue weighted by atomic mass is 9.90. The summed E-state index contributed by atoms with van der Waals surface area (Å²) in [5, 5.41) is 12.9. The molecular weight excluding hydrogens is 392 g/mol. The maximum absolute atomic E-state index is 12.5. The normalized spacial score (nSPS) is 18.4. The second-order valence-corrected chi connectivity index (χ2v) is 9.46. The van der Waals surface area contributed by atoms with Gasteiger partial charge in [0.05, 0.1) is 4.88 Å². The van der Waals surface area contributed by atoms with Crippen LogP contribution in [0.25, 0.3) is 0 Å². The van der Waals surface area contributed by atoms with E-state index in [1.165, 1.54) is 48.4 Å². The molecule has 2 aromatic heterocycles. The third kappa shape index (κ3) is 4.60. The maximum Gasteiger partial charge on any atom is 0.223 e. The molecule has 28 heavy (non-hydrogen) atoms. The Morgan fingerprint density at radius 3 is 2.54 bits per heavy atom. The fourth-order valence-electron chi connectivity index (χ4n) is 3.95. The van der Waals surface area contributed by atoms with Gasteiger partial charge in [0.25, 0.3) is 0 Å². The molecule has 0 bridgehead atoms. The molecule has 0 spiro atoms. The predicted octanol–water partition coefficient (Wildman–Crippen LogP) is 3.96. The molecule has 0 N–H and O–H groups in total. The average molecular weight is 419 g/mol. The molecule has 3 heterocycles. The Kier molecular flexibility index (Phi) is 6.36. The number of anilines is 1. The number of aromatic nitrogens is 2. The first-order valence-corrected chi connectivity index (χ1v) is 11.8. The lowest BCUT2D eigenvalue weighted by Crippen LogP contribution is -2.48. The summed E-state index contributed by atoms with van der Waals surface area (Å²) in [4.78, 5) is 29.4. The van der Waals surface area contributed by atoms with E-state index in [2.05, 4.69) is 15.1 Å². The van der Waals surface area contributed by atoms with Crippen LogP contribution in [0.1, 0.15) is 65.5 Å². The van der Waals surface area contributed by atoms with Gasteiger partial charge in [-0.25, -0.2) is 0 Å². The zero-order chi connectivity index (χ0) is 19.3. The molecule has 0 unspecified atom stereocenters. The van der Waals surface area contributed by atoms with Crippen molar-refractivity contribution >= 4 is 39.5 Å². The van der Waals surface area contributed by atoms with Gasteiger partial charge in [0.2, 0.25) is 11.0 Å². The quantitative estimate of drug-likeness (QED) is 0.665. The third-order valence-corrected chi connectivity index (χ3v) is 7.71. The van der Waals surface area contributed by atoms with Crippen molar-refractivity contribution in [3.05, 3.63) is 27.4 Å². The monoisotopic (exact) mass is 418 g/mol. The molecule has 0 radical (unpaired) electrons. The Balaban J connectivity index is 1.24. The molecule has 1 saturated heterocycles. The zero-order valence-corrected chi connectivity index (χ0v) is 17.6. The second kappa shape index (κ2) is 9.13. The summed E-state index contributed by atoms with van der Waals surface area (Å²) in [6.45, 7) is 2.93. The van der Waals surface area contributed by atoms with E-state index in [9.17, 15) is 9.59 Å². The van der Waals surface area contributed by atoms with Gasteiger partial charge in [-0.15, -0.1) is 21.5 Å². The number of piperazine rings is 1. The summed E-state index contributed by atoms with van der Waals surface area (Å²) in [6, 6.07) is 3.69. The van der Waals surface area contributed by atoms with E-state index in [1.807, 2.05) is 22.4 Å². The van der Waals surface area contributed by atoms with Gasteiger partial charge in [0.15, 0.2) is 5.78 Å². The molecule has 150 valence electrons. The van der Waals surface area contributed by atoms with Gasteiger partial charge >= 0.3 is 0 Å². The molecule has 0 aromatic carbocycles. The fraction of sp³-hybridized carbons (Fsp3) is 0.600. The summed E-state index contributed by atoms with van der Waals surface area (Å²) in [5.74, 6) is 0.722. The highest BCUT2D eigenvalue weighted by Gasteiger charge is 2.25. The summed E-state index contributed by atoms with van der Waals surface area (Å²) in [5.41, 5.74) is 0. The number of hydrogen-bond acceptors (Lipinski definition) is 7. The highest BCUT2D eigenvalue weighted by Crippen LogP contribution is 2.36. The predicted molar refractivity (Wildman–Crippen MR) is 112 cm³/mol. The van der Waals surface area contributed by atoms with Crippen molar-refractivity contribution in [2.75, 3.05) is 31.1 Å². The molecule has 4 rings (SSSR count). The molecule has 8 heteroatoms. The number of nitrogens with zero attached hydrogens (tertiary/aromatic N) is 4. The van der Waals surface area contributed by atoms with E-state index < -0.39 is 0 Å². The summed E-state index contributed by atoms with van der Waals surface area (Å²) >= 11 is 3.16. The molecule has 1 saturated carbocycles. The van der Waals surface area contributed by atoms with Gasteiger partial charge in [-0.1, -0.05) is 36.7 Å². The highest BCUT2D eigenvalue weighted by atomic mass is 32.1. The molecule has 1 amide bonds. The third-order valence-electron chi connectivity index (χ3n) is 5.65. The lowest BCUT2D eigenvalue weighted by Gasteiger charge is -2.34. The standard InChI is InChI=1S/C20H26N4O2S2/c25-16(17-7-4-14-27-17)8-9-18(26)23-10-12-24(13-11-23)20-22-21-19(28-20)15-5-2-1-3-6-15/h4,7,14-15H,1-3,5-6,8-13H2. The van der Waals surface area contributed by atoms with E-state index in [1.54, 1.807) is 11.3 Å². The van der Waals surface area contributed by atoms with Crippen molar-refractivity contribution in [1.82, 2.24) is 15.1 Å². The number of carbonyl (C=O) groups excluding carboxylic acids is 2. The molecule has 2 aromatic rings. The van der Waals surface area contributed by atoms with E-state index in [0.717, 1.165) is 23.1 Å². The van der Waals surface area contributed by atoms with Gasteiger partial charge in [0, 0.05) is 44.9 Å². The molecule has 6 nitrogen and oxygen atoms in total. The van der Waals surface area contributed by atoms with Crippen LogP contribution in [-0.4, -0.2) is 53.0 Å². The number of amides is 1. The second-order valence-electron chi connectivity index (χ2n) is 7.53. The van der Waals surface area contributed by atoms with Crippen molar-refractivity contribution < 1.29 is 9.59 Å². The van der Waals surface area contributed by atoms with Crippen molar-refractivity contribution in [2.45, 2.75) is 50.9 Å². The first kappa shape index (κ1) is 19.5. The molecule has 1 aliphatic carbocycles. The van der Waals surface area contributed by atoms with Crippen LogP contribution in [0.5, 0.6) is 0 Å². The van der Waals surface area contributed by atoms with Gasteiger partial charge < -0.3 is 9.80 Å². The van der Waals surface area contributed by atoms with Gasteiger partial charge in [-0.05, 0) is 24.3 Å². The van der Waals surface area contributed by atoms with Crippen LogP contribution in [0.2, 0.25) is 0 Å². The largest absolute Gasteiger partial charge is 0.343 e. The topological polar surface area (TPSA) is 66.4 Å². The van der Waals surface area contributed by atoms with Crippen LogP contribution in [0, 0.1) is 0 Å². The smallest absolute Gasteiger partial charge is 0.223 e. The van der Waals surface area contributed by atoms with E-state index in [0.29, 0.717) is 31.8 Å². The summed E-state index contributed by atoms with van der Waals surface area (Å²) in [7, 11) is 0. The van der Waals surface area contributed by atoms with Gasteiger partial charge in [0.1, 0.15) is 5.01 Å². The highest BCUT2D eigenvalue weighted by molar-refractivity contribution is 7.15. The summed E-state index contributed by atoms with van der Waals surface area (Å²) in [6.07, 6.45) is 7.01. The van der Waals surface area contributed by atoms with E-state index in [-0.39, 0.29) is 11.7 Å². The van der Waals surface area contributed by atoms with E-state index in [4.69, 9.17) is 0 Å². The zero-order valence-electron chi connectivity index (χ0n) is 16.0. The van der Waals surface area contributed by atoms with Crippen LogP contribution in [0.15, 0.2) is 17.5 Å². The minimum Gasteiger partial charge on any atom is -0.343 e. The number of Topliss-reactive ketones (excluding diaryl/α,β-unsaturated/α-hetero) is 1. The molecule has 2 aliphatic rings. The molecule has 0 atom stereocenters. The number of thiophene rings is 1. The van der Waals surface area contributed by atoms with Crippen molar-refractivity contribution in [2.24, 2.45) is 0 Å². The van der Waals surface area contributed by atoms with Crippen LogP contribution in [0.4, 0.5) is 5.13 Å². The van der Waals surface area contributed by atoms with Crippen LogP contribution in [-0.2, 0) is 4.79 Å². The van der Waals surface area contributed by atoms with Crippen LogP contribution < -0.4 is 4.90 Å². The minimum atomic E-state index is 0.0612. The molecular formula is C20H26N4O2S2. The molecule has 2 fully saturated rings. The minimum absolute atomic E-state index is 0.0612. The number of rotatable bonds is 6. The molecule has 1 aliphatic heterocycles. The number of ketones is 1. The Labute approximate surface area is 173 Å². The Hall–Kier alpha value is -1.80. The number of hydrogen-bond donors (Lipinski definition) is 0. The van der Waals surface area contributed by atoms with Crippen molar-refractivity contribution in [1.29, 1.82) is 0 Å². The first-order valence-electron chi connectivity index (χ1n) is 10.1.